The third-order valence-corrected chi connectivity index (χ3v) is 4.43. The van der Waals surface area contributed by atoms with Gasteiger partial charge < -0.3 is 15.0 Å². The number of hydrogen-bond acceptors (Lipinski definition) is 3. The van der Waals surface area contributed by atoms with Gasteiger partial charge in [-0.15, -0.1) is 0 Å². The highest BCUT2D eigenvalue weighted by Gasteiger charge is 2.19. The summed E-state index contributed by atoms with van der Waals surface area (Å²) in [7, 11) is 2.25. The fourth-order valence-corrected chi connectivity index (χ4v) is 2.91. The van der Waals surface area contributed by atoms with E-state index in [9.17, 15) is 0 Å². The summed E-state index contributed by atoms with van der Waals surface area (Å²) in [6.45, 7) is 7.48. The molecule has 1 aliphatic heterocycles. The zero-order valence-electron chi connectivity index (χ0n) is 13.8. The minimum Gasteiger partial charge on any atom is -0.494 e. The number of likely N-dealkylation sites (tertiary alicyclic amines) is 1. The van der Waals surface area contributed by atoms with Crippen molar-refractivity contribution in [2.45, 2.75) is 51.6 Å². The third kappa shape index (κ3) is 5.01. The molecule has 3 heteroatoms. The smallest absolute Gasteiger partial charge is 0.119 e. The standard InChI is InChI=1S/C18H30N2O/c1-4-13-21-18-10-8-16(9-11-18)15(2)19-14-17-7-5-6-12-20(17)3/h8-11,15,17,19H,4-7,12-14H2,1-3H3. The Morgan fingerprint density at radius 2 is 2.05 bits per heavy atom. The molecule has 1 heterocycles. The number of nitrogens with one attached hydrogen (secondary N) is 1. The van der Waals surface area contributed by atoms with Crippen LogP contribution in [-0.4, -0.2) is 37.7 Å². The van der Waals surface area contributed by atoms with Crippen molar-refractivity contribution < 1.29 is 4.74 Å². The molecule has 1 N–H and O–H groups in total. The van der Waals surface area contributed by atoms with E-state index in [0.717, 1.165) is 25.3 Å². The summed E-state index contributed by atoms with van der Waals surface area (Å²) in [4.78, 5) is 2.49. The van der Waals surface area contributed by atoms with Crippen molar-refractivity contribution >= 4 is 0 Å². The summed E-state index contributed by atoms with van der Waals surface area (Å²) in [6.07, 6.45) is 5.09. The Labute approximate surface area is 129 Å². The molecule has 0 saturated carbocycles. The molecule has 0 aromatic heterocycles. The van der Waals surface area contributed by atoms with Gasteiger partial charge in [0.25, 0.3) is 0 Å². The van der Waals surface area contributed by atoms with E-state index in [-0.39, 0.29) is 0 Å². The van der Waals surface area contributed by atoms with Gasteiger partial charge in [-0.2, -0.15) is 0 Å². The van der Waals surface area contributed by atoms with Gasteiger partial charge in [0.15, 0.2) is 0 Å². The molecule has 1 aromatic carbocycles. The van der Waals surface area contributed by atoms with Crippen molar-refractivity contribution in [3.05, 3.63) is 29.8 Å². The van der Waals surface area contributed by atoms with E-state index < -0.39 is 0 Å². The lowest BCUT2D eigenvalue weighted by Gasteiger charge is -2.33. The second-order valence-electron chi connectivity index (χ2n) is 6.18. The van der Waals surface area contributed by atoms with E-state index >= 15 is 0 Å². The number of hydrogen-bond donors (Lipinski definition) is 1. The fraction of sp³-hybridized carbons (Fsp3) is 0.667. The van der Waals surface area contributed by atoms with Crippen molar-refractivity contribution in [2.75, 3.05) is 26.7 Å². The van der Waals surface area contributed by atoms with Crippen LogP contribution < -0.4 is 10.1 Å². The van der Waals surface area contributed by atoms with Crippen LogP contribution in [-0.2, 0) is 0 Å². The molecular formula is C18H30N2O. The molecule has 1 fully saturated rings. The molecule has 21 heavy (non-hydrogen) atoms. The highest BCUT2D eigenvalue weighted by atomic mass is 16.5. The maximum atomic E-state index is 5.63. The topological polar surface area (TPSA) is 24.5 Å². The first kappa shape index (κ1) is 16.3. The van der Waals surface area contributed by atoms with Crippen molar-refractivity contribution in [2.24, 2.45) is 0 Å². The van der Waals surface area contributed by atoms with E-state index in [0.29, 0.717) is 12.1 Å². The minimum absolute atomic E-state index is 0.389. The lowest BCUT2D eigenvalue weighted by Crippen LogP contribution is -2.43. The van der Waals surface area contributed by atoms with Gasteiger partial charge >= 0.3 is 0 Å². The second kappa shape index (κ2) is 8.40. The SMILES string of the molecule is CCCOc1ccc(C(C)NCC2CCCCN2C)cc1. The maximum absolute atomic E-state index is 5.63. The largest absolute Gasteiger partial charge is 0.494 e. The third-order valence-electron chi connectivity index (χ3n) is 4.43. The zero-order chi connectivity index (χ0) is 15.1. The Bertz CT molecular complexity index is 404. The van der Waals surface area contributed by atoms with Gasteiger partial charge in [-0.05, 0) is 57.5 Å². The normalized spacial score (nSPS) is 21.2. The Morgan fingerprint density at radius 1 is 1.29 bits per heavy atom. The summed E-state index contributed by atoms with van der Waals surface area (Å²) in [5.74, 6) is 0.972. The molecule has 3 nitrogen and oxygen atoms in total. The van der Waals surface area contributed by atoms with Gasteiger partial charge in [0, 0.05) is 18.6 Å². The van der Waals surface area contributed by atoms with Crippen molar-refractivity contribution in [1.82, 2.24) is 10.2 Å². The lowest BCUT2D eigenvalue weighted by atomic mass is 10.0. The van der Waals surface area contributed by atoms with Crippen LogP contribution in [0.2, 0.25) is 0 Å². The first-order valence-corrected chi connectivity index (χ1v) is 8.37. The Kier molecular flexibility index (Phi) is 6.52. The van der Waals surface area contributed by atoms with Gasteiger partial charge in [0.1, 0.15) is 5.75 Å². The Morgan fingerprint density at radius 3 is 2.71 bits per heavy atom. The monoisotopic (exact) mass is 290 g/mol. The Balaban J connectivity index is 1.80. The molecule has 0 spiro atoms. The number of piperidine rings is 1. The van der Waals surface area contributed by atoms with Gasteiger partial charge in [0.05, 0.1) is 6.61 Å². The van der Waals surface area contributed by atoms with Crippen LogP contribution in [0.4, 0.5) is 0 Å². The summed E-state index contributed by atoms with van der Waals surface area (Å²) >= 11 is 0. The molecule has 118 valence electrons. The molecule has 1 saturated heterocycles. The van der Waals surface area contributed by atoms with E-state index in [1.165, 1.54) is 31.4 Å². The predicted octanol–water partition coefficient (Wildman–Crippen LogP) is 3.61. The summed E-state index contributed by atoms with van der Waals surface area (Å²) < 4.78 is 5.63. The average Bonchev–Trinajstić information content (AvgIpc) is 2.52. The van der Waals surface area contributed by atoms with Crippen LogP contribution in [0.5, 0.6) is 5.75 Å². The molecule has 1 aromatic rings. The number of ether oxygens (including phenoxy) is 1. The highest BCUT2D eigenvalue weighted by molar-refractivity contribution is 5.28. The molecule has 2 rings (SSSR count). The summed E-state index contributed by atoms with van der Waals surface area (Å²) in [5, 5.41) is 3.68. The fourth-order valence-electron chi connectivity index (χ4n) is 2.91. The van der Waals surface area contributed by atoms with E-state index in [1.54, 1.807) is 0 Å². The number of rotatable bonds is 7. The minimum atomic E-state index is 0.389. The van der Waals surface area contributed by atoms with E-state index in [1.807, 2.05) is 0 Å². The predicted molar refractivity (Wildman–Crippen MR) is 88.9 cm³/mol. The highest BCUT2D eigenvalue weighted by Crippen LogP contribution is 2.19. The summed E-state index contributed by atoms with van der Waals surface area (Å²) in [5.41, 5.74) is 1.33. The van der Waals surface area contributed by atoms with Crippen LogP contribution in [0.25, 0.3) is 0 Å². The van der Waals surface area contributed by atoms with Gasteiger partial charge in [-0.3, -0.25) is 0 Å². The molecule has 0 aliphatic carbocycles. The number of likely N-dealkylation sites (N-methyl/N-ethyl adjacent to an activating group) is 1. The van der Waals surface area contributed by atoms with Crippen LogP contribution in [0.1, 0.15) is 51.1 Å². The van der Waals surface area contributed by atoms with Crippen molar-refractivity contribution in [3.8, 4) is 5.75 Å². The van der Waals surface area contributed by atoms with Gasteiger partial charge in [0.2, 0.25) is 0 Å². The average molecular weight is 290 g/mol. The van der Waals surface area contributed by atoms with E-state index in [2.05, 4.69) is 55.4 Å². The van der Waals surface area contributed by atoms with Crippen LogP contribution in [0.15, 0.2) is 24.3 Å². The summed E-state index contributed by atoms with van der Waals surface area (Å²) in [6, 6.07) is 9.58. The quantitative estimate of drug-likeness (QED) is 0.830. The molecule has 1 aliphatic rings. The van der Waals surface area contributed by atoms with Crippen LogP contribution in [0.3, 0.4) is 0 Å². The van der Waals surface area contributed by atoms with Gasteiger partial charge in [-0.25, -0.2) is 0 Å². The second-order valence-corrected chi connectivity index (χ2v) is 6.18. The molecule has 2 unspecified atom stereocenters. The molecular weight excluding hydrogens is 260 g/mol. The zero-order valence-corrected chi connectivity index (χ0v) is 13.8. The van der Waals surface area contributed by atoms with Crippen LogP contribution in [0, 0.1) is 0 Å². The van der Waals surface area contributed by atoms with Crippen LogP contribution >= 0.6 is 0 Å². The molecule has 0 radical (unpaired) electrons. The number of benzene rings is 1. The Hall–Kier alpha value is -1.06. The van der Waals surface area contributed by atoms with Crippen molar-refractivity contribution in [1.29, 1.82) is 0 Å². The first-order chi connectivity index (χ1) is 10.2. The lowest BCUT2D eigenvalue weighted by molar-refractivity contribution is 0.178. The molecule has 2 atom stereocenters. The van der Waals surface area contributed by atoms with Crippen molar-refractivity contribution in [3.63, 3.8) is 0 Å². The first-order valence-electron chi connectivity index (χ1n) is 8.37. The molecule has 0 bridgehead atoms. The number of nitrogens with zero attached hydrogens (tertiary/aromatic N) is 1. The van der Waals surface area contributed by atoms with Gasteiger partial charge in [-0.1, -0.05) is 25.5 Å². The van der Waals surface area contributed by atoms with E-state index in [4.69, 9.17) is 4.74 Å². The molecule has 0 amide bonds. The maximum Gasteiger partial charge on any atom is 0.119 e.